The summed E-state index contributed by atoms with van der Waals surface area (Å²) in [4.78, 5) is 23.1. The van der Waals surface area contributed by atoms with Crippen molar-refractivity contribution in [2.75, 3.05) is 5.32 Å². The molecule has 8 nitrogen and oxygen atoms in total. The number of halogens is 2. The maximum Gasteiger partial charge on any atom is 0.354 e. The number of carbonyl (C=O) groups is 2. The highest BCUT2D eigenvalue weighted by Gasteiger charge is 2.14. The number of hydrogen-bond acceptors (Lipinski definition) is 4. The summed E-state index contributed by atoms with van der Waals surface area (Å²) in [6, 6.07) is 8.16. The first-order valence-corrected chi connectivity index (χ1v) is 8.21. The Labute approximate surface area is 157 Å². The van der Waals surface area contributed by atoms with Crippen LogP contribution in [0.1, 0.15) is 16.1 Å². The van der Waals surface area contributed by atoms with Crippen LogP contribution in [0.4, 0.5) is 5.82 Å². The van der Waals surface area contributed by atoms with Crippen molar-refractivity contribution in [2.45, 2.75) is 13.1 Å². The van der Waals surface area contributed by atoms with Gasteiger partial charge in [-0.3, -0.25) is 9.48 Å². The van der Waals surface area contributed by atoms with Crippen LogP contribution in [-0.2, 0) is 17.9 Å². The topological polar surface area (TPSA) is 102 Å². The molecule has 0 spiro atoms. The van der Waals surface area contributed by atoms with Crippen molar-refractivity contribution in [1.82, 2.24) is 19.6 Å². The van der Waals surface area contributed by atoms with Gasteiger partial charge in [0.25, 0.3) is 0 Å². The van der Waals surface area contributed by atoms with Crippen LogP contribution in [0.5, 0.6) is 0 Å². The van der Waals surface area contributed by atoms with Gasteiger partial charge in [0.05, 0.1) is 6.54 Å². The number of nitrogens with one attached hydrogen (secondary N) is 1. The van der Waals surface area contributed by atoms with Crippen molar-refractivity contribution in [2.24, 2.45) is 0 Å². The minimum absolute atomic E-state index is 0.0703. The van der Waals surface area contributed by atoms with Gasteiger partial charge in [0, 0.05) is 34.1 Å². The van der Waals surface area contributed by atoms with Crippen molar-refractivity contribution in [1.29, 1.82) is 0 Å². The van der Waals surface area contributed by atoms with Crippen LogP contribution in [0, 0.1) is 0 Å². The lowest BCUT2D eigenvalue weighted by molar-refractivity contribution is -0.116. The molecule has 0 saturated heterocycles. The van der Waals surface area contributed by atoms with Gasteiger partial charge >= 0.3 is 5.97 Å². The predicted octanol–water partition coefficient (Wildman–Crippen LogP) is 2.77. The van der Waals surface area contributed by atoms with Crippen molar-refractivity contribution in [3.63, 3.8) is 0 Å². The van der Waals surface area contributed by atoms with Crippen molar-refractivity contribution in [3.05, 3.63) is 64.0 Å². The van der Waals surface area contributed by atoms with Crippen LogP contribution in [0.3, 0.4) is 0 Å². The highest BCUT2D eigenvalue weighted by molar-refractivity contribution is 6.35. The Hall–Kier alpha value is -2.84. The number of carboxylic acids is 1. The molecule has 134 valence electrons. The van der Waals surface area contributed by atoms with E-state index in [-0.39, 0.29) is 12.2 Å². The molecule has 26 heavy (non-hydrogen) atoms. The zero-order chi connectivity index (χ0) is 18.7. The molecular weight excluding hydrogens is 381 g/mol. The number of rotatable bonds is 6. The van der Waals surface area contributed by atoms with Gasteiger partial charge in [-0.15, -0.1) is 0 Å². The van der Waals surface area contributed by atoms with Gasteiger partial charge in [-0.1, -0.05) is 29.3 Å². The Balaban J connectivity index is 1.66. The van der Waals surface area contributed by atoms with E-state index < -0.39 is 11.9 Å². The van der Waals surface area contributed by atoms with Crippen molar-refractivity contribution >= 4 is 40.9 Å². The van der Waals surface area contributed by atoms with Gasteiger partial charge in [0.15, 0.2) is 5.82 Å². The van der Waals surface area contributed by atoms with Gasteiger partial charge in [0.2, 0.25) is 5.91 Å². The first-order chi connectivity index (χ1) is 12.4. The number of aromatic nitrogens is 4. The fourth-order valence-corrected chi connectivity index (χ4v) is 2.84. The molecule has 3 aromatic rings. The van der Waals surface area contributed by atoms with Crippen molar-refractivity contribution in [3.8, 4) is 0 Å². The fourth-order valence-electron chi connectivity index (χ4n) is 2.32. The van der Waals surface area contributed by atoms with Crippen LogP contribution in [-0.4, -0.2) is 36.5 Å². The Morgan fingerprint density at radius 2 is 1.88 bits per heavy atom. The molecule has 10 heteroatoms. The number of aromatic carboxylic acids is 1. The second-order valence-corrected chi connectivity index (χ2v) is 6.14. The average Bonchev–Trinajstić information content (AvgIpc) is 3.20. The molecule has 1 amide bonds. The Morgan fingerprint density at radius 1 is 1.15 bits per heavy atom. The summed E-state index contributed by atoms with van der Waals surface area (Å²) in [5.74, 6) is -1.28. The summed E-state index contributed by atoms with van der Waals surface area (Å²) in [5.41, 5.74) is 0.651. The Kier molecular flexibility index (Phi) is 5.24. The maximum atomic E-state index is 12.1. The standard InChI is InChI=1S/C16H13Cl2N5O3/c17-11-2-1-3-12(18)10(11)8-22-7-5-14(21-22)20-15(24)9-23-13(16(25)26)4-6-19-23/h1-7H,8-9H2,(H,25,26)(H,20,21,24). The van der Waals surface area contributed by atoms with Gasteiger partial charge in [0.1, 0.15) is 12.2 Å². The van der Waals surface area contributed by atoms with E-state index in [0.717, 1.165) is 10.2 Å². The lowest BCUT2D eigenvalue weighted by atomic mass is 10.2. The molecule has 0 fully saturated rings. The summed E-state index contributed by atoms with van der Waals surface area (Å²) >= 11 is 12.3. The zero-order valence-corrected chi connectivity index (χ0v) is 14.8. The van der Waals surface area contributed by atoms with Crippen LogP contribution in [0.15, 0.2) is 42.7 Å². The van der Waals surface area contributed by atoms with E-state index in [9.17, 15) is 9.59 Å². The number of nitrogens with zero attached hydrogens (tertiary/aromatic N) is 4. The minimum Gasteiger partial charge on any atom is -0.477 e. The van der Waals surface area contributed by atoms with Crippen LogP contribution in [0.2, 0.25) is 10.0 Å². The molecule has 2 aromatic heterocycles. The fraction of sp³-hybridized carbons (Fsp3) is 0.125. The largest absolute Gasteiger partial charge is 0.477 e. The monoisotopic (exact) mass is 393 g/mol. The molecule has 2 N–H and O–H groups in total. The number of hydrogen-bond donors (Lipinski definition) is 2. The van der Waals surface area contributed by atoms with Gasteiger partial charge in [-0.25, -0.2) is 9.48 Å². The highest BCUT2D eigenvalue weighted by atomic mass is 35.5. The summed E-state index contributed by atoms with van der Waals surface area (Å²) in [6.07, 6.45) is 2.99. The highest BCUT2D eigenvalue weighted by Crippen LogP contribution is 2.25. The van der Waals surface area contributed by atoms with Crippen LogP contribution in [0.25, 0.3) is 0 Å². The maximum absolute atomic E-state index is 12.1. The van der Waals surface area contributed by atoms with Gasteiger partial charge in [-0.2, -0.15) is 10.2 Å². The predicted molar refractivity (Wildman–Crippen MR) is 95.6 cm³/mol. The second kappa shape index (κ2) is 7.59. The third-order valence-electron chi connectivity index (χ3n) is 3.52. The number of anilines is 1. The SMILES string of the molecule is O=C(Cn1nccc1C(=O)O)Nc1ccn(Cc2c(Cl)cccc2Cl)n1. The lowest BCUT2D eigenvalue weighted by Gasteiger charge is -2.07. The van der Waals surface area contributed by atoms with E-state index in [4.69, 9.17) is 28.3 Å². The zero-order valence-electron chi connectivity index (χ0n) is 13.3. The third-order valence-corrected chi connectivity index (χ3v) is 4.23. The van der Waals surface area contributed by atoms with E-state index in [2.05, 4.69) is 15.5 Å². The number of benzene rings is 1. The molecule has 0 unspecified atom stereocenters. The van der Waals surface area contributed by atoms with E-state index in [0.29, 0.717) is 22.4 Å². The molecule has 0 radical (unpaired) electrons. The molecule has 0 aliphatic rings. The number of carboxylic acid groups (broad SMARTS) is 1. The molecule has 0 aliphatic heterocycles. The van der Waals surface area contributed by atoms with Crippen molar-refractivity contribution < 1.29 is 14.7 Å². The molecule has 3 rings (SSSR count). The second-order valence-electron chi connectivity index (χ2n) is 5.33. The van der Waals surface area contributed by atoms with E-state index in [1.807, 2.05) is 0 Å². The molecule has 0 atom stereocenters. The molecule has 0 saturated carbocycles. The summed E-state index contributed by atoms with van der Waals surface area (Å²) in [7, 11) is 0. The lowest BCUT2D eigenvalue weighted by Crippen LogP contribution is -2.22. The normalized spacial score (nSPS) is 10.7. The number of carbonyl (C=O) groups excluding carboxylic acids is 1. The first-order valence-electron chi connectivity index (χ1n) is 7.45. The van der Waals surface area contributed by atoms with Crippen LogP contribution >= 0.6 is 23.2 Å². The quantitative estimate of drug-likeness (QED) is 0.670. The van der Waals surface area contributed by atoms with E-state index in [1.54, 1.807) is 35.1 Å². The average molecular weight is 394 g/mol. The minimum atomic E-state index is -1.16. The summed E-state index contributed by atoms with van der Waals surface area (Å²) in [6.45, 7) is 0.106. The third kappa shape index (κ3) is 4.04. The van der Waals surface area contributed by atoms with Gasteiger partial charge in [-0.05, 0) is 18.2 Å². The Bertz CT molecular complexity index is 946. The summed E-state index contributed by atoms with van der Waals surface area (Å²) < 4.78 is 2.68. The number of amides is 1. The van der Waals surface area contributed by atoms with E-state index >= 15 is 0 Å². The van der Waals surface area contributed by atoms with Crippen LogP contribution < -0.4 is 5.32 Å². The molecule has 0 bridgehead atoms. The van der Waals surface area contributed by atoms with Gasteiger partial charge < -0.3 is 10.4 Å². The van der Waals surface area contributed by atoms with E-state index in [1.165, 1.54) is 12.3 Å². The first kappa shape index (κ1) is 18.0. The Morgan fingerprint density at radius 3 is 2.58 bits per heavy atom. The molecule has 1 aromatic carbocycles. The summed E-state index contributed by atoms with van der Waals surface area (Å²) in [5, 5.41) is 20.7. The smallest absolute Gasteiger partial charge is 0.354 e. The molecule has 0 aliphatic carbocycles. The molecule has 2 heterocycles. The molecular formula is C16H13Cl2N5O3.